The fourth-order valence-electron chi connectivity index (χ4n) is 4.18. The third-order valence-corrected chi connectivity index (χ3v) is 5.46. The topological polar surface area (TPSA) is 114 Å². The molecule has 4 rings (SSSR count). The van der Waals surface area contributed by atoms with Crippen LogP contribution in [0.3, 0.4) is 0 Å². The number of carbonyl (C=O) groups excluding carboxylic acids is 1. The van der Waals surface area contributed by atoms with Gasteiger partial charge in [0.05, 0.1) is 17.0 Å². The van der Waals surface area contributed by atoms with Gasteiger partial charge in [-0.05, 0) is 52.3 Å². The van der Waals surface area contributed by atoms with E-state index in [4.69, 9.17) is 4.74 Å². The number of aryl methyl sites for hydroxylation is 1. The van der Waals surface area contributed by atoms with Crippen LogP contribution in [0.5, 0.6) is 0 Å². The zero-order valence-corrected chi connectivity index (χ0v) is 18.0. The molecule has 0 spiro atoms. The number of anilines is 3. The molecule has 0 aliphatic carbocycles. The summed E-state index contributed by atoms with van der Waals surface area (Å²) in [6.07, 6.45) is 3.74. The van der Waals surface area contributed by atoms with Crippen molar-refractivity contribution in [2.24, 2.45) is 0 Å². The molecule has 2 aromatic heterocycles. The summed E-state index contributed by atoms with van der Waals surface area (Å²) in [7, 11) is 0. The van der Waals surface area contributed by atoms with Crippen molar-refractivity contribution in [3.8, 4) is 0 Å². The van der Waals surface area contributed by atoms with Gasteiger partial charge < -0.3 is 19.9 Å². The molecule has 0 saturated carbocycles. The average Bonchev–Trinajstić information content (AvgIpc) is 3.28. The van der Waals surface area contributed by atoms with Crippen LogP contribution in [-0.4, -0.2) is 56.7 Å². The molecule has 31 heavy (non-hydrogen) atoms. The van der Waals surface area contributed by atoms with Gasteiger partial charge >= 0.3 is 11.8 Å². The lowest BCUT2D eigenvalue weighted by molar-refractivity contribution is -0.384. The van der Waals surface area contributed by atoms with E-state index in [1.165, 1.54) is 0 Å². The molecule has 10 heteroatoms. The van der Waals surface area contributed by atoms with Crippen molar-refractivity contribution < 1.29 is 14.5 Å². The van der Waals surface area contributed by atoms with Crippen LogP contribution < -0.4 is 10.2 Å². The molecular formula is C21H26N6O4. The van der Waals surface area contributed by atoms with Gasteiger partial charge in [-0.15, -0.1) is 0 Å². The Bertz CT molecular complexity index is 1010. The zero-order chi connectivity index (χ0) is 22.3. The number of carbonyl (C=O) groups is 1. The number of likely N-dealkylation sites (tertiary alicyclic amines) is 1. The maximum Gasteiger partial charge on any atom is 0.410 e. The highest BCUT2D eigenvalue weighted by molar-refractivity contribution is 5.72. The van der Waals surface area contributed by atoms with Gasteiger partial charge in [-0.3, -0.25) is 15.1 Å². The second-order valence-corrected chi connectivity index (χ2v) is 8.94. The van der Waals surface area contributed by atoms with Crippen LogP contribution in [0, 0.1) is 17.0 Å². The lowest BCUT2D eigenvalue weighted by atomic mass is 10.2. The molecule has 10 nitrogen and oxygen atoms in total. The predicted molar refractivity (Wildman–Crippen MR) is 116 cm³/mol. The molecule has 164 valence electrons. The Morgan fingerprint density at radius 1 is 1.26 bits per heavy atom. The second-order valence-electron chi connectivity index (χ2n) is 8.94. The van der Waals surface area contributed by atoms with Crippen LogP contribution in [0.25, 0.3) is 0 Å². The van der Waals surface area contributed by atoms with Crippen molar-refractivity contribution in [3.63, 3.8) is 0 Å². The summed E-state index contributed by atoms with van der Waals surface area (Å²) >= 11 is 0. The summed E-state index contributed by atoms with van der Waals surface area (Å²) in [6.45, 7) is 8.43. The van der Waals surface area contributed by atoms with E-state index >= 15 is 0 Å². The number of hydrogen-bond acceptors (Lipinski definition) is 8. The van der Waals surface area contributed by atoms with Crippen molar-refractivity contribution in [3.05, 3.63) is 46.3 Å². The number of pyridine rings is 2. The first kappa shape index (κ1) is 20.8. The molecular weight excluding hydrogens is 400 g/mol. The first-order valence-corrected chi connectivity index (χ1v) is 10.2. The standard InChI is InChI=1S/C21H26N6O4/c1-13-9-17(24-19(18(13)27(29)30)23-14-5-7-22-8-6-14)25-11-16-10-15(25)12-26(16)20(28)31-21(2,3)4/h5-9,15-16H,10-12H2,1-4H3,(H,22,23,24)/t15-,16-/m1/s1. The van der Waals surface area contributed by atoms with Crippen LogP contribution in [0.1, 0.15) is 32.8 Å². The second kappa shape index (κ2) is 7.68. The Balaban J connectivity index is 1.57. The third kappa shape index (κ3) is 4.23. The molecule has 1 amide bonds. The van der Waals surface area contributed by atoms with Gasteiger partial charge in [-0.25, -0.2) is 9.78 Å². The molecule has 0 radical (unpaired) electrons. The van der Waals surface area contributed by atoms with Crippen molar-refractivity contribution >= 4 is 29.1 Å². The summed E-state index contributed by atoms with van der Waals surface area (Å²) in [5.74, 6) is 0.856. The monoisotopic (exact) mass is 426 g/mol. The summed E-state index contributed by atoms with van der Waals surface area (Å²) in [5.41, 5.74) is 0.600. The Kier molecular flexibility index (Phi) is 5.16. The number of amides is 1. The number of hydrogen-bond donors (Lipinski definition) is 1. The highest BCUT2D eigenvalue weighted by atomic mass is 16.6. The van der Waals surface area contributed by atoms with Crippen LogP contribution in [-0.2, 0) is 4.74 Å². The molecule has 0 aromatic carbocycles. The van der Waals surface area contributed by atoms with E-state index in [1.807, 2.05) is 20.8 Å². The summed E-state index contributed by atoms with van der Waals surface area (Å²) in [6, 6.07) is 5.33. The Morgan fingerprint density at radius 3 is 2.55 bits per heavy atom. The number of fused-ring (bicyclic) bond motifs is 2. The lowest BCUT2D eigenvalue weighted by Gasteiger charge is -2.36. The molecule has 2 aliphatic rings. The predicted octanol–water partition coefficient (Wildman–Crippen LogP) is 3.63. The van der Waals surface area contributed by atoms with Gasteiger partial charge in [0.1, 0.15) is 11.4 Å². The van der Waals surface area contributed by atoms with Crippen LogP contribution in [0.4, 0.5) is 27.8 Å². The summed E-state index contributed by atoms with van der Waals surface area (Å²) in [5, 5.41) is 14.7. The fraction of sp³-hybridized carbons (Fsp3) is 0.476. The zero-order valence-electron chi connectivity index (χ0n) is 18.0. The van der Waals surface area contributed by atoms with Gasteiger partial charge in [-0.2, -0.15) is 0 Å². The minimum atomic E-state index is -0.539. The number of aromatic nitrogens is 2. The number of nitrogens with one attached hydrogen (secondary N) is 1. The minimum Gasteiger partial charge on any atom is -0.444 e. The SMILES string of the molecule is Cc1cc(N2C[C@H]3C[C@@H]2CN3C(=O)OC(C)(C)C)nc(Nc2ccncc2)c1[N+](=O)[O-]. The van der Waals surface area contributed by atoms with Crippen molar-refractivity contribution in [2.45, 2.75) is 51.8 Å². The van der Waals surface area contributed by atoms with Gasteiger partial charge in [0.25, 0.3) is 0 Å². The Morgan fingerprint density at radius 2 is 1.97 bits per heavy atom. The number of rotatable bonds is 4. The van der Waals surface area contributed by atoms with E-state index in [9.17, 15) is 14.9 Å². The Labute approximate surface area is 180 Å². The molecule has 2 bridgehead atoms. The van der Waals surface area contributed by atoms with Gasteiger partial charge in [0.15, 0.2) is 0 Å². The summed E-state index contributed by atoms with van der Waals surface area (Å²) in [4.78, 5) is 36.2. The number of nitro groups is 1. The van der Waals surface area contributed by atoms with E-state index in [2.05, 4.69) is 20.2 Å². The molecule has 1 N–H and O–H groups in total. The lowest BCUT2D eigenvalue weighted by Crippen LogP contribution is -2.50. The van der Waals surface area contributed by atoms with E-state index in [0.717, 1.165) is 6.42 Å². The number of piperazine rings is 1. The third-order valence-electron chi connectivity index (χ3n) is 5.46. The molecule has 2 aromatic rings. The molecule has 2 fully saturated rings. The highest BCUT2D eigenvalue weighted by Crippen LogP contribution is 2.38. The molecule has 2 aliphatic heterocycles. The summed E-state index contributed by atoms with van der Waals surface area (Å²) < 4.78 is 5.52. The van der Waals surface area contributed by atoms with Gasteiger partial charge in [-0.1, -0.05) is 0 Å². The maximum absolute atomic E-state index is 12.5. The van der Waals surface area contributed by atoms with Crippen LogP contribution >= 0.6 is 0 Å². The highest BCUT2D eigenvalue weighted by Gasteiger charge is 2.47. The normalized spacial score (nSPS) is 20.1. The largest absolute Gasteiger partial charge is 0.444 e. The molecule has 2 saturated heterocycles. The van der Waals surface area contributed by atoms with E-state index in [1.54, 1.807) is 42.4 Å². The molecule has 2 atom stereocenters. The van der Waals surface area contributed by atoms with E-state index in [-0.39, 0.29) is 29.7 Å². The first-order chi connectivity index (χ1) is 14.6. The van der Waals surface area contributed by atoms with Crippen LogP contribution in [0.15, 0.2) is 30.6 Å². The van der Waals surface area contributed by atoms with E-state index in [0.29, 0.717) is 30.2 Å². The van der Waals surface area contributed by atoms with Gasteiger partial charge in [0, 0.05) is 36.7 Å². The van der Waals surface area contributed by atoms with Crippen LogP contribution in [0.2, 0.25) is 0 Å². The molecule has 4 heterocycles. The minimum absolute atomic E-state index is 0.0359. The first-order valence-electron chi connectivity index (χ1n) is 10.2. The smallest absolute Gasteiger partial charge is 0.410 e. The van der Waals surface area contributed by atoms with Crippen molar-refractivity contribution in [1.29, 1.82) is 0 Å². The number of ether oxygens (including phenoxy) is 1. The average molecular weight is 426 g/mol. The van der Waals surface area contributed by atoms with Gasteiger partial charge in [0.2, 0.25) is 5.82 Å². The number of nitrogens with zero attached hydrogens (tertiary/aromatic N) is 5. The Hall–Kier alpha value is -3.43. The molecule has 0 unspecified atom stereocenters. The maximum atomic E-state index is 12.5. The quantitative estimate of drug-likeness (QED) is 0.582. The van der Waals surface area contributed by atoms with Crippen molar-refractivity contribution in [2.75, 3.05) is 23.3 Å². The van der Waals surface area contributed by atoms with Crippen molar-refractivity contribution in [1.82, 2.24) is 14.9 Å². The van der Waals surface area contributed by atoms with E-state index < -0.39 is 10.5 Å². The fourth-order valence-corrected chi connectivity index (χ4v) is 4.18.